The van der Waals surface area contributed by atoms with Crippen molar-refractivity contribution in [3.8, 4) is 0 Å². The number of aryl methyl sites for hydroxylation is 1. The average molecular weight is 263 g/mol. The van der Waals surface area contributed by atoms with Gasteiger partial charge in [-0.3, -0.25) is 0 Å². The van der Waals surface area contributed by atoms with Crippen LogP contribution in [0.5, 0.6) is 0 Å². The Kier molecular flexibility index (Phi) is 3.94. The normalized spacial score (nSPS) is 10.5. The van der Waals surface area contributed by atoms with Gasteiger partial charge >= 0.3 is 0 Å². The fourth-order valence-electron chi connectivity index (χ4n) is 1.72. The first-order valence-corrected chi connectivity index (χ1v) is 5.96. The second-order valence-electron chi connectivity index (χ2n) is 4.34. The van der Waals surface area contributed by atoms with Gasteiger partial charge in [0.05, 0.1) is 11.9 Å². The maximum Gasteiger partial charge on any atom is 0.126 e. The molecule has 1 aromatic heterocycles. The molecule has 0 aliphatic rings. The van der Waals surface area contributed by atoms with Crippen molar-refractivity contribution in [3.05, 3.63) is 53.2 Å². The van der Waals surface area contributed by atoms with Crippen LogP contribution in [-0.2, 0) is 6.42 Å². The van der Waals surface area contributed by atoms with E-state index in [2.05, 4.69) is 10.3 Å². The zero-order valence-corrected chi connectivity index (χ0v) is 10.6. The lowest BCUT2D eigenvalue weighted by Gasteiger charge is -2.08. The first kappa shape index (κ1) is 13.3. The van der Waals surface area contributed by atoms with Crippen LogP contribution in [-0.4, -0.2) is 11.5 Å². The second kappa shape index (κ2) is 5.65. The van der Waals surface area contributed by atoms with Gasteiger partial charge in [0.1, 0.15) is 17.5 Å². The van der Waals surface area contributed by atoms with Gasteiger partial charge < -0.3 is 11.1 Å². The Labute approximate surface area is 110 Å². The minimum Gasteiger partial charge on any atom is -0.397 e. The molecule has 0 saturated heterocycles. The summed E-state index contributed by atoms with van der Waals surface area (Å²) in [5.41, 5.74) is 7.56. The quantitative estimate of drug-likeness (QED) is 0.891. The Morgan fingerprint density at radius 3 is 2.79 bits per heavy atom. The molecule has 1 heterocycles. The Hall–Kier alpha value is -2.17. The summed E-state index contributed by atoms with van der Waals surface area (Å²) in [6, 6.07) is 5.27. The van der Waals surface area contributed by atoms with Crippen molar-refractivity contribution >= 4 is 11.5 Å². The van der Waals surface area contributed by atoms with E-state index in [1.54, 1.807) is 6.20 Å². The van der Waals surface area contributed by atoms with Crippen LogP contribution >= 0.6 is 0 Å². The molecule has 0 unspecified atom stereocenters. The van der Waals surface area contributed by atoms with Crippen LogP contribution in [0.15, 0.2) is 30.5 Å². The van der Waals surface area contributed by atoms with E-state index in [4.69, 9.17) is 5.73 Å². The van der Waals surface area contributed by atoms with Gasteiger partial charge in [-0.15, -0.1) is 0 Å². The van der Waals surface area contributed by atoms with Crippen LogP contribution in [0.4, 0.5) is 20.3 Å². The summed E-state index contributed by atoms with van der Waals surface area (Å²) in [4.78, 5) is 4.11. The van der Waals surface area contributed by atoms with Crippen LogP contribution in [0.3, 0.4) is 0 Å². The SMILES string of the molecule is Cc1cc(NCCc2cc(F)ccc2F)ncc1N. The highest BCUT2D eigenvalue weighted by atomic mass is 19.1. The van der Waals surface area contributed by atoms with Crippen molar-refractivity contribution in [1.29, 1.82) is 0 Å². The predicted molar refractivity (Wildman–Crippen MR) is 71.9 cm³/mol. The lowest BCUT2D eigenvalue weighted by atomic mass is 10.1. The molecule has 3 nitrogen and oxygen atoms in total. The molecule has 0 spiro atoms. The van der Waals surface area contributed by atoms with E-state index in [1.165, 1.54) is 6.07 Å². The number of hydrogen-bond acceptors (Lipinski definition) is 3. The number of anilines is 2. The number of pyridine rings is 1. The molecule has 2 rings (SSSR count). The molecule has 0 bridgehead atoms. The van der Waals surface area contributed by atoms with Crippen molar-refractivity contribution in [3.63, 3.8) is 0 Å². The maximum absolute atomic E-state index is 13.4. The van der Waals surface area contributed by atoms with Crippen molar-refractivity contribution in [2.24, 2.45) is 0 Å². The Morgan fingerprint density at radius 2 is 2.05 bits per heavy atom. The Bertz CT molecular complexity index is 585. The topological polar surface area (TPSA) is 50.9 Å². The minimum absolute atomic E-state index is 0.347. The molecule has 0 radical (unpaired) electrons. The third-order valence-corrected chi connectivity index (χ3v) is 2.86. The summed E-state index contributed by atoms with van der Waals surface area (Å²) in [6.45, 7) is 2.35. The van der Waals surface area contributed by atoms with Crippen molar-refractivity contribution in [2.75, 3.05) is 17.6 Å². The number of rotatable bonds is 4. The average Bonchev–Trinajstić information content (AvgIpc) is 2.38. The Morgan fingerprint density at radius 1 is 1.26 bits per heavy atom. The van der Waals surface area contributed by atoms with Crippen LogP contribution < -0.4 is 11.1 Å². The Balaban J connectivity index is 1.96. The number of nitrogens with two attached hydrogens (primary N) is 1. The molecular formula is C14H15F2N3. The van der Waals surface area contributed by atoms with E-state index >= 15 is 0 Å². The summed E-state index contributed by atoms with van der Waals surface area (Å²) in [7, 11) is 0. The number of aromatic nitrogens is 1. The van der Waals surface area contributed by atoms with Crippen LogP contribution in [0.1, 0.15) is 11.1 Å². The molecule has 1 aromatic carbocycles. The smallest absolute Gasteiger partial charge is 0.126 e. The molecule has 0 saturated carbocycles. The molecule has 0 aliphatic heterocycles. The highest BCUT2D eigenvalue weighted by Crippen LogP contribution is 2.14. The van der Waals surface area contributed by atoms with Gasteiger partial charge in [-0.25, -0.2) is 13.8 Å². The highest BCUT2D eigenvalue weighted by Gasteiger charge is 2.04. The summed E-state index contributed by atoms with van der Waals surface area (Å²) in [5, 5.41) is 3.05. The van der Waals surface area contributed by atoms with Gasteiger partial charge in [-0.2, -0.15) is 0 Å². The number of halogens is 2. The van der Waals surface area contributed by atoms with Crippen molar-refractivity contribution in [1.82, 2.24) is 4.98 Å². The molecule has 0 aliphatic carbocycles. The maximum atomic E-state index is 13.4. The third-order valence-electron chi connectivity index (χ3n) is 2.86. The summed E-state index contributed by atoms with van der Waals surface area (Å²) in [6.07, 6.45) is 1.95. The van der Waals surface area contributed by atoms with Gasteiger partial charge in [0.25, 0.3) is 0 Å². The van der Waals surface area contributed by atoms with E-state index in [0.29, 0.717) is 30.0 Å². The molecule has 3 N–H and O–H groups in total. The molecule has 0 fully saturated rings. The molecule has 0 atom stereocenters. The second-order valence-corrected chi connectivity index (χ2v) is 4.34. The van der Waals surface area contributed by atoms with E-state index in [-0.39, 0.29) is 0 Å². The van der Waals surface area contributed by atoms with Gasteiger partial charge in [0.2, 0.25) is 0 Å². The monoisotopic (exact) mass is 263 g/mol. The minimum atomic E-state index is -0.433. The number of nitrogen functional groups attached to an aromatic ring is 1. The lowest BCUT2D eigenvalue weighted by Crippen LogP contribution is -2.08. The number of hydrogen-bond donors (Lipinski definition) is 2. The first-order chi connectivity index (χ1) is 9.06. The molecule has 2 aromatic rings. The summed E-state index contributed by atoms with van der Waals surface area (Å²) < 4.78 is 26.4. The molecule has 19 heavy (non-hydrogen) atoms. The molecule has 5 heteroatoms. The molecule has 0 amide bonds. The highest BCUT2D eigenvalue weighted by molar-refractivity contribution is 5.50. The number of benzene rings is 1. The standard InChI is InChI=1S/C14H15F2N3/c1-9-6-14(19-8-13(9)17)18-5-4-10-7-11(15)2-3-12(10)16/h2-3,6-8H,4-5,17H2,1H3,(H,18,19). The zero-order chi connectivity index (χ0) is 13.8. The first-order valence-electron chi connectivity index (χ1n) is 5.96. The largest absolute Gasteiger partial charge is 0.397 e. The fraction of sp³-hybridized carbons (Fsp3) is 0.214. The van der Waals surface area contributed by atoms with Crippen molar-refractivity contribution in [2.45, 2.75) is 13.3 Å². The molecular weight excluding hydrogens is 248 g/mol. The van der Waals surface area contributed by atoms with Gasteiger partial charge in [0.15, 0.2) is 0 Å². The van der Waals surface area contributed by atoms with Crippen LogP contribution in [0.25, 0.3) is 0 Å². The van der Waals surface area contributed by atoms with Crippen LogP contribution in [0.2, 0.25) is 0 Å². The third kappa shape index (κ3) is 3.40. The molecule has 100 valence electrons. The van der Waals surface area contributed by atoms with E-state index in [1.807, 2.05) is 13.0 Å². The number of nitrogens with zero attached hydrogens (tertiary/aromatic N) is 1. The van der Waals surface area contributed by atoms with Crippen LogP contribution in [0, 0.1) is 18.6 Å². The van der Waals surface area contributed by atoms with Gasteiger partial charge in [-0.05, 0) is 48.7 Å². The zero-order valence-electron chi connectivity index (χ0n) is 10.6. The van der Waals surface area contributed by atoms with E-state index < -0.39 is 11.6 Å². The van der Waals surface area contributed by atoms with Gasteiger partial charge in [0, 0.05) is 6.54 Å². The fourth-order valence-corrected chi connectivity index (χ4v) is 1.72. The van der Waals surface area contributed by atoms with Crippen molar-refractivity contribution < 1.29 is 8.78 Å². The van der Waals surface area contributed by atoms with E-state index in [9.17, 15) is 8.78 Å². The lowest BCUT2D eigenvalue weighted by molar-refractivity contribution is 0.586. The van der Waals surface area contributed by atoms with E-state index in [0.717, 1.165) is 17.7 Å². The summed E-state index contributed by atoms with van der Waals surface area (Å²) in [5.74, 6) is -0.161. The number of nitrogens with one attached hydrogen (secondary N) is 1. The predicted octanol–water partition coefficient (Wildman–Crippen LogP) is 2.91. The summed E-state index contributed by atoms with van der Waals surface area (Å²) >= 11 is 0. The van der Waals surface area contributed by atoms with Gasteiger partial charge in [-0.1, -0.05) is 0 Å².